The quantitative estimate of drug-likeness (QED) is 0.465. The van der Waals surface area contributed by atoms with Gasteiger partial charge in [-0.15, -0.1) is 11.3 Å². The molecular weight excluding hydrogens is 380 g/mol. The van der Waals surface area contributed by atoms with Crippen molar-refractivity contribution in [2.24, 2.45) is 0 Å². The first-order valence-electron chi connectivity index (χ1n) is 9.32. The first kappa shape index (κ1) is 18.9. The molecule has 1 amide bonds. The number of pyridine rings is 1. The molecule has 2 aromatic heterocycles. The molecule has 0 saturated heterocycles. The number of benzene rings is 2. The van der Waals surface area contributed by atoms with E-state index >= 15 is 0 Å². The first-order chi connectivity index (χ1) is 14.3. The summed E-state index contributed by atoms with van der Waals surface area (Å²) in [6, 6.07) is 25.8. The van der Waals surface area contributed by atoms with Crippen LogP contribution in [0.5, 0.6) is 5.75 Å². The SMILES string of the molecule is O=C(COc1ccc(-c2ccccc2)cc1)NCc1cccnc1-c1cccs1. The molecule has 0 aliphatic carbocycles. The number of amides is 1. The van der Waals surface area contributed by atoms with Crippen LogP contribution in [0.3, 0.4) is 0 Å². The van der Waals surface area contributed by atoms with Gasteiger partial charge in [0.2, 0.25) is 0 Å². The topological polar surface area (TPSA) is 51.2 Å². The third-order valence-electron chi connectivity index (χ3n) is 4.45. The molecule has 4 aromatic rings. The van der Waals surface area contributed by atoms with Crippen molar-refractivity contribution < 1.29 is 9.53 Å². The molecule has 144 valence electrons. The molecular formula is C24H20N2O2S. The minimum absolute atomic E-state index is 0.0285. The highest BCUT2D eigenvalue weighted by Crippen LogP contribution is 2.26. The van der Waals surface area contributed by atoms with Crippen LogP contribution in [0.1, 0.15) is 5.56 Å². The Morgan fingerprint density at radius 3 is 2.45 bits per heavy atom. The van der Waals surface area contributed by atoms with Gasteiger partial charge in [0.15, 0.2) is 6.61 Å². The van der Waals surface area contributed by atoms with Gasteiger partial charge in [0.25, 0.3) is 5.91 Å². The molecule has 4 nitrogen and oxygen atoms in total. The van der Waals surface area contributed by atoms with Crippen molar-refractivity contribution in [1.29, 1.82) is 0 Å². The lowest BCUT2D eigenvalue weighted by Gasteiger charge is -2.10. The first-order valence-corrected chi connectivity index (χ1v) is 10.2. The molecule has 0 fully saturated rings. The van der Waals surface area contributed by atoms with Gasteiger partial charge in [0.1, 0.15) is 5.75 Å². The lowest BCUT2D eigenvalue weighted by Crippen LogP contribution is -2.28. The molecule has 0 spiro atoms. The van der Waals surface area contributed by atoms with Gasteiger partial charge in [-0.1, -0.05) is 54.6 Å². The molecule has 0 radical (unpaired) electrons. The molecule has 5 heteroatoms. The van der Waals surface area contributed by atoms with Gasteiger partial charge in [-0.25, -0.2) is 0 Å². The van der Waals surface area contributed by atoms with Crippen molar-refractivity contribution in [3.8, 4) is 27.4 Å². The molecule has 0 bridgehead atoms. The third kappa shape index (κ3) is 4.89. The summed E-state index contributed by atoms with van der Waals surface area (Å²) in [6.07, 6.45) is 1.77. The maximum Gasteiger partial charge on any atom is 0.258 e. The van der Waals surface area contributed by atoms with Crippen LogP contribution in [0, 0.1) is 0 Å². The fraction of sp³-hybridized carbons (Fsp3) is 0.0833. The Labute approximate surface area is 173 Å². The molecule has 0 saturated carbocycles. The second kappa shape index (κ2) is 9.17. The number of aromatic nitrogens is 1. The van der Waals surface area contributed by atoms with E-state index < -0.39 is 0 Å². The highest BCUT2D eigenvalue weighted by molar-refractivity contribution is 7.13. The minimum atomic E-state index is -0.168. The number of ether oxygens (including phenoxy) is 1. The molecule has 1 N–H and O–H groups in total. The number of hydrogen-bond donors (Lipinski definition) is 1. The Balaban J connectivity index is 1.31. The number of carbonyl (C=O) groups excluding carboxylic acids is 1. The molecule has 0 aliphatic heterocycles. The Hall–Kier alpha value is -3.44. The number of hydrogen-bond acceptors (Lipinski definition) is 4. The molecule has 29 heavy (non-hydrogen) atoms. The fourth-order valence-electron chi connectivity index (χ4n) is 2.98. The largest absolute Gasteiger partial charge is 0.484 e. The van der Waals surface area contributed by atoms with E-state index in [1.54, 1.807) is 17.5 Å². The van der Waals surface area contributed by atoms with Crippen LogP contribution < -0.4 is 10.1 Å². The van der Waals surface area contributed by atoms with Crippen LogP contribution in [-0.4, -0.2) is 17.5 Å². The van der Waals surface area contributed by atoms with Gasteiger partial charge < -0.3 is 10.1 Å². The number of thiophene rings is 1. The summed E-state index contributed by atoms with van der Waals surface area (Å²) in [5, 5.41) is 4.93. The molecule has 2 aromatic carbocycles. The van der Waals surface area contributed by atoms with Crippen molar-refractivity contribution in [3.63, 3.8) is 0 Å². The van der Waals surface area contributed by atoms with Crippen LogP contribution in [-0.2, 0) is 11.3 Å². The summed E-state index contributed by atoms with van der Waals surface area (Å²) >= 11 is 1.63. The van der Waals surface area contributed by atoms with E-state index in [1.807, 2.05) is 72.1 Å². The van der Waals surface area contributed by atoms with E-state index in [0.29, 0.717) is 12.3 Å². The maximum atomic E-state index is 12.2. The van der Waals surface area contributed by atoms with E-state index in [-0.39, 0.29) is 12.5 Å². The lowest BCUT2D eigenvalue weighted by molar-refractivity contribution is -0.123. The van der Waals surface area contributed by atoms with Crippen LogP contribution >= 0.6 is 11.3 Å². The zero-order valence-electron chi connectivity index (χ0n) is 15.7. The number of carbonyl (C=O) groups is 1. The standard InChI is InChI=1S/C24H20N2O2S/c27-23(26-16-20-8-4-14-25-24(20)22-9-5-15-29-22)17-28-21-12-10-19(11-13-21)18-6-2-1-3-7-18/h1-15H,16-17H2,(H,26,27). The zero-order valence-corrected chi connectivity index (χ0v) is 16.6. The summed E-state index contributed by atoms with van der Waals surface area (Å²) in [6.45, 7) is 0.384. The Bertz CT molecular complexity index is 1060. The van der Waals surface area contributed by atoms with Gasteiger partial charge in [0.05, 0.1) is 10.6 Å². The maximum absolute atomic E-state index is 12.2. The minimum Gasteiger partial charge on any atom is -0.484 e. The van der Waals surface area contributed by atoms with E-state index in [2.05, 4.69) is 22.4 Å². The summed E-state index contributed by atoms with van der Waals surface area (Å²) in [5.74, 6) is 0.499. The summed E-state index contributed by atoms with van der Waals surface area (Å²) < 4.78 is 5.62. The van der Waals surface area contributed by atoms with Crippen molar-refractivity contribution in [3.05, 3.63) is 96.0 Å². The summed E-state index contributed by atoms with van der Waals surface area (Å²) in [5.41, 5.74) is 4.14. The molecule has 0 atom stereocenters. The highest BCUT2D eigenvalue weighted by Gasteiger charge is 2.09. The second-order valence-electron chi connectivity index (χ2n) is 6.44. The lowest BCUT2D eigenvalue weighted by atomic mass is 10.1. The van der Waals surface area contributed by atoms with Crippen LogP contribution in [0.15, 0.2) is 90.4 Å². The molecule has 0 unspecified atom stereocenters. The van der Waals surface area contributed by atoms with Crippen molar-refractivity contribution in [2.45, 2.75) is 6.54 Å². The van der Waals surface area contributed by atoms with Gasteiger partial charge in [0, 0.05) is 12.7 Å². The van der Waals surface area contributed by atoms with Crippen molar-refractivity contribution in [2.75, 3.05) is 6.61 Å². The Morgan fingerprint density at radius 1 is 0.897 bits per heavy atom. The monoisotopic (exact) mass is 400 g/mol. The number of rotatable bonds is 7. The average Bonchev–Trinajstić information content (AvgIpc) is 3.32. The van der Waals surface area contributed by atoms with Gasteiger partial charge >= 0.3 is 0 Å². The van der Waals surface area contributed by atoms with Crippen LogP contribution in [0.2, 0.25) is 0 Å². The van der Waals surface area contributed by atoms with E-state index in [1.165, 1.54) is 0 Å². The number of nitrogens with zero attached hydrogens (tertiary/aromatic N) is 1. The molecule has 2 heterocycles. The van der Waals surface area contributed by atoms with Gasteiger partial charge in [-0.2, -0.15) is 0 Å². The van der Waals surface area contributed by atoms with E-state index in [4.69, 9.17) is 4.74 Å². The van der Waals surface area contributed by atoms with Gasteiger partial charge in [-0.05, 0) is 46.3 Å². The summed E-state index contributed by atoms with van der Waals surface area (Å²) in [7, 11) is 0. The van der Waals surface area contributed by atoms with Crippen LogP contribution in [0.25, 0.3) is 21.7 Å². The normalized spacial score (nSPS) is 10.5. The second-order valence-corrected chi connectivity index (χ2v) is 7.39. The molecule has 0 aliphatic rings. The fourth-order valence-corrected chi connectivity index (χ4v) is 3.74. The average molecular weight is 401 g/mol. The van der Waals surface area contributed by atoms with Crippen LogP contribution in [0.4, 0.5) is 0 Å². The smallest absolute Gasteiger partial charge is 0.258 e. The molecule has 4 rings (SSSR count). The van der Waals surface area contributed by atoms with Crippen molar-refractivity contribution in [1.82, 2.24) is 10.3 Å². The Morgan fingerprint density at radius 2 is 1.69 bits per heavy atom. The van der Waals surface area contributed by atoms with E-state index in [9.17, 15) is 4.79 Å². The van der Waals surface area contributed by atoms with Gasteiger partial charge in [-0.3, -0.25) is 9.78 Å². The summed E-state index contributed by atoms with van der Waals surface area (Å²) in [4.78, 5) is 17.8. The third-order valence-corrected chi connectivity index (χ3v) is 5.33. The van der Waals surface area contributed by atoms with E-state index in [0.717, 1.165) is 27.3 Å². The predicted octanol–water partition coefficient (Wildman–Crippen LogP) is 5.17. The Kier molecular flexibility index (Phi) is 5.98. The van der Waals surface area contributed by atoms with Crippen molar-refractivity contribution >= 4 is 17.2 Å². The number of nitrogens with one attached hydrogen (secondary N) is 1. The zero-order chi connectivity index (χ0) is 19.9. The highest BCUT2D eigenvalue weighted by atomic mass is 32.1. The predicted molar refractivity (Wildman–Crippen MR) is 117 cm³/mol.